The van der Waals surface area contributed by atoms with Gasteiger partial charge in [-0.15, -0.1) is 13.2 Å². The van der Waals surface area contributed by atoms with E-state index in [0.29, 0.717) is 12.3 Å². The molecule has 0 spiro atoms. The summed E-state index contributed by atoms with van der Waals surface area (Å²) in [5, 5.41) is 0. The lowest BCUT2D eigenvalue weighted by Crippen LogP contribution is -2.14. The van der Waals surface area contributed by atoms with E-state index in [9.17, 15) is 13.2 Å². The lowest BCUT2D eigenvalue weighted by atomic mass is 10.1. The van der Waals surface area contributed by atoms with E-state index in [1.165, 1.54) is 0 Å². The first-order valence-corrected chi connectivity index (χ1v) is 4.12. The van der Waals surface area contributed by atoms with Crippen LogP contribution < -0.4 is 0 Å². The molecule has 0 aromatic carbocycles. The van der Waals surface area contributed by atoms with Crippen LogP contribution in [-0.4, -0.2) is 13.0 Å². The van der Waals surface area contributed by atoms with Crippen LogP contribution >= 0.6 is 0 Å². The SMILES string of the molecule is CC(C)CCCCOC(F)(F)F. The molecule has 74 valence electrons. The van der Waals surface area contributed by atoms with E-state index in [4.69, 9.17) is 0 Å². The van der Waals surface area contributed by atoms with Crippen molar-refractivity contribution in [1.29, 1.82) is 0 Å². The van der Waals surface area contributed by atoms with Crippen molar-refractivity contribution in [2.45, 2.75) is 39.5 Å². The summed E-state index contributed by atoms with van der Waals surface area (Å²) in [6, 6.07) is 0. The Bertz CT molecular complexity index is 109. The third kappa shape index (κ3) is 9.75. The number of ether oxygens (including phenoxy) is 1. The van der Waals surface area contributed by atoms with Gasteiger partial charge in [-0.2, -0.15) is 0 Å². The number of unbranched alkanes of at least 4 members (excludes halogenated alkanes) is 1. The second kappa shape index (κ2) is 5.41. The first-order chi connectivity index (χ1) is 5.42. The van der Waals surface area contributed by atoms with Gasteiger partial charge in [0, 0.05) is 0 Å². The second-order valence-corrected chi connectivity index (χ2v) is 3.18. The van der Waals surface area contributed by atoms with Crippen molar-refractivity contribution in [2.75, 3.05) is 6.61 Å². The van der Waals surface area contributed by atoms with Crippen molar-refractivity contribution in [1.82, 2.24) is 0 Å². The zero-order chi connectivity index (χ0) is 9.61. The molecule has 0 bridgehead atoms. The van der Waals surface area contributed by atoms with Gasteiger partial charge in [0.05, 0.1) is 6.61 Å². The molecule has 0 amide bonds. The van der Waals surface area contributed by atoms with E-state index in [2.05, 4.69) is 4.74 Å². The van der Waals surface area contributed by atoms with Gasteiger partial charge < -0.3 is 0 Å². The fourth-order valence-corrected chi connectivity index (χ4v) is 0.843. The van der Waals surface area contributed by atoms with E-state index in [-0.39, 0.29) is 6.61 Å². The summed E-state index contributed by atoms with van der Waals surface area (Å²) in [6.07, 6.45) is -2.22. The number of rotatable bonds is 5. The Morgan fingerprint density at radius 1 is 1.17 bits per heavy atom. The molecule has 1 nitrogen and oxygen atoms in total. The molecule has 0 aliphatic heterocycles. The summed E-state index contributed by atoms with van der Waals surface area (Å²) in [4.78, 5) is 0. The smallest absolute Gasteiger partial charge is 0.292 e. The van der Waals surface area contributed by atoms with Crippen LogP contribution in [0.4, 0.5) is 13.2 Å². The molecule has 0 rings (SSSR count). The molecule has 0 aliphatic carbocycles. The predicted octanol–water partition coefficient (Wildman–Crippen LogP) is 3.35. The first-order valence-electron chi connectivity index (χ1n) is 4.12. The van der Waals surface area contributed by atoms with Crippen molar-refractivity contribution < 1.29 is 17.9 Å². The molecule has 0 aliphatic rings. The molecule has 4 heteroatoms. The van der Waals surface area contributed by atoms with Crippen LogP contribution in [0, 0.1) is 5.92 Å². The highest BCUT2D eigenvalue weighted by molar-refractivity contribution is 4.46. The van der Waals surface area contributed by atoms with Crippen LogP contribution in [0.1, 0.15) is 33.1 Å². The van der Waals surface area contributed by atoms with E-state index in [1.54, 1.807) is 0 Å². The van der Waals surface area contributed by atoms with Gasteiger partial charge in [0.2, 0.25) is 0 Å². The van der Waals surface area contributed by atoms with Crippen molar-refractivity contribution in [3.05, 3.63) is 0 Å². The van der Waals surface area contributed by atoms with E-state index in [1.807, 2.05) is 13.8 Å². The Labute approximate surface area is 70.9 Å². The van der Waals surface area contributed by atoms with Gasteiger partial charge in [0.1, 0.15) is 0 Å². The highest BCUT2D eigenvalue weighted by Crippen LogP contribution is 2.17. The maximum atomic E-state index is 11.4. The van der Waals surface area contributed by atoms with Crippen LogP contribution in [-0.2, 0) is 4.74 Å². The van der Waals surface area contributed by atoms with Crippen LogP contribution in [0.3, 0.4) is 0 Å². The van der Waals surface area contributed by atoms with Crippen molar-refractivity contribution in [3.63, 3.8) is 0 Å². The molecule has 0 fully saturated rings. The van der Waals surface area contributed by atoms with Crippen molar-refractivity contribution in [2.24, 2.45) is 5.92 Å². The summed E-state index contributed by atoms with van der Waals surface area (Å²) in [7, 11) is 0. The minimum Gasteiger partial charge on any atom is -0.292 e. The van der Waals surface area contributed by atoms with Gasteiger partial charge in [-0.3, -0.25) is 4.74 Å². The summed E-state index contributed by atoms with van der Waals surface area (Å²) < 4.78 is 37.9. The largest absolute Gasteiger partial charge is 0.522 e. The number of hydrogen-bond donors (Lipinski definition) is 0. The van der Waals surface area contributed by atoms with E-state index < -0.39 is 6.36 Å². The molecular formula is C8H15F3O. The molecular weight excluding hydrogens is 169 g/mol. The maximum absolute atomic E-state index is 11.4. The van der Waals surface area contributed by atoms with Gasteiger partial charge in [-0.25, -0.2) is 0 Å². The summed E-state index contributed by atoms with van der Waals surface area (Å²) >= 11 is 0. The average molecular weight is 184 g/mol. The Hall–Kier alpha value is -0.250. The Morgan fingerprint density at radius 2 is 1.75 bits per heavy atom. The fourth-order valence-electron chi connectivity index (χ4n) is 0.843. The van der Waals surface area contributed by atoms with Crippen LogP contribution in [0.5, 0.6) is 0 Å². The van der Waals surface area contributed by atoms with Gasteiger partial charge in [0.15, 0.2) is 0 Å². The quantitative estimate of drug-likeness (QED) is 0.595. The number of alkyl halides is 3. The Morgan fingerprint density at radius 3 is 2.17 bits per heavy atom. The molecule has 0 N–H and O–H groups in total. The Kier molecular flexibility index (Phi) is 5.29. The van der Waals surface area contributed by atoms with Crippen molar-refractivity contribution in [3.8, 4) is 0 Å². The normalized spacial score (nSPS) is 12.5. The molecule has 0 saturated carbocycles. The maximum Gasteiger partial charge on any atom is 0.522 e. The summed E-state index contributed by atoms with van der Waals surface area (Å²) in [5.74, 6) is 0.552. The standard InChI is InChI=1S/C8H15F3O/c1-7(2)5-3-4-6-12-8(9,10)11/h7H,3-6H2,1-2H3. The topological polar surface area (TPSA) is 9.23 Å². The third-order valence-electron chi connectivity index (χ3n) is 1.44. The molecule has 0 radical (unpaired) electrons. The zero-order valence-corrected chi connectivity index (χ0v) is 7.45. The lowest BCUT2D eigenvalue weighted by Gasteiger charge is -2.07. The Balaban J connectivity index is 3.12. The number of hydrogen-bond acceptors (Lipinski definition) is 1. The molecule has 0 heterocycles. The average Bonchev–Trinajstić information content (AvgIpc) is 1.83. The highest BCUT2D eigenvalue weighted by atomic mass is 19.4. The fraction of sp³-hybridized carbons (Fsp3) is 1.00. The minimum absolute atomic E-state index is 0.212. The molecule has 0 unspecified atom stereocenters. The molecule has 0 aromatic heterocycles. The minimum atomic E-state index is -4.46. The first kappa shape index (κ1) is 11.8. The summed E-state index contributed by atoms with van der Waals surface area (Å²) in [6.45, 7) is 3.88. The van der Waals surface area contributed by atoms with Gasteiger partial charge in [-0.1, -0.05) is 26.7 Å². The monoisotopic (exact) mass is 184 g/mol. The van der Waals surface area contributed by atoms with Gasteiger partial charge in [-0.05, 0) is 12.3 Å². The predicted molar refractivity (Wildman–Crippen MR) is 40.7 cm³/mol. The molecule has 0 atom stereocenters. The highest BCUT2D eigenvalue weighted by Gasteiger charge is 2.28. The second-order valence-electron chi connectivity index (χ2n) is 3.18. The van der Waals surface area contributed by atoms with Gasteiger partial charge in [0.25, 0.3) is 0 Å². The lowest BCUT2D eigenvalue weighted by molar-refractivity contribution is -0.324. The van der Waals surface area contributed by atoms with Crippen LogP contribution in [0.15, 0.2) is 0 Å². The van der Waals surface area contributed by atoms with Crippen LogP contribution in [0.25, 0.3) is 0 Å². The molecule has 0 aromatic rings. The van der Waals surface area contributed by atoms with E-state index >= 15 is 0 Å². The summed E-state index contributed by atoms with van der Waals surface area (Å²) in [5.41, 5.74) is 0. The van der Waals surface area contributed by atoms with E-state index in [0.717, 1.165) is 12.8 Å². The third-order valence-corrected chi connectivity index (χ3v) is 1.44. The van der Waals surface area contributed by atoms with Gasteiger partial charge >= 0.3 is 6.36 Å². The van der Waals surface area contributed by atoms with Crippen molar-refractivity contribution >= 4 is 0 Å². The number of halogens is 3. The van der Waals surface area contributed by atoms with Crippen LogP contribution in [0.2, 0.25) is 0 Å². The zero-order valence-electron chi connectivity index (χ0n) is 7.45. The molecule has 12 heavy (non-hydrogen) atoms. The molecule has 0 saturated heterocycles.